The van der Waals surface area contributed by atoms with Gasteiger partial charge < -0.3 is 10.1 Å². The molecule has 120 valence electrons. The number of hydrogen-bond donors (Lipinski definition) is 1. The van der Waals surface area contributed by atoms with E-state index in [1.807, 2.05) is 7.11 Å². The molecule has 21 heavy (non-hydrogen) atoms. The van der Waals surface area contributed by atoms with Crippen LogP contribution in [0.25, 0.3) is 0 Å². The molecule has 0 saturated carbocycles. The van der Waals surface area contributed by atoms with Gasteiger partial charge in [-0.15, -0.1) is 0 Å². The molecule has 0 fully saturated rings. The third kappa shape index (κ3) is 7.10. The maximum absolute atomic E-state index is 5.78. The molecule has 0 amide bonds. The Morgan fingerprint density at radius 3 is 2.24 bits per heavy atom. The zero-order valence-corrected chi connectivity index (χ0v) is 14.1. The van der Waals surface area contributed by atoms with Crippen LogP contribution < -0.4 is 5.32 Å². The van der Waals surface area contributed by atoms with Crippen molar-refractivity contribution in [1.29, 1.82) is 0 Å². The van der Waals surface area contributed by atoms with Crippen LogP contribution in [0.15, 0.2) is 30.3 Å². The van der Waals surface area contributed by atoms with Crippen molar-refractivity contribution < 1.29 is 4.74 Å². The first-order valence-corrected chi connectivity index (χ1v) is 8.64. The van der Waals surface area contributed by atoms with Gasteiger partial charge in [0.15, 0.2) is 0 Å². The lowest BCUT2D eigenvalue weighted by Crippen LogP contribution is -2.35. The largest absolute Gasteiger partial charge is 0.375 e. The summed E-state index contributed by atoms with van der Waals surface area (Å²) >= 11 is 0. The number of unbranched alkanes of at least 4 members (excludes halogenated alkanes) is 5. The van der Waals surface area contributed by atoms with Gasteiger partial charge in [-0.1, -0.05) is 82.7 Å². The summed E-state index contributed by atoms with van der Waals surface area (Å²) in [6.07, 6.45) is 9.42. The molecule has 2 atom stereocenters. The summed E-state index contributed by atoms with van der Waals surface area (Å²) in [5.41, 5.74) is 1.27. The molecule has 0 radical (unpaired) electrons. The lowest BCUT2D eigenvalue weighted by atomic mass is 9.96. The van der Waals surface area contributed by atoms with Crippen molar-refractivity contribution >= 4 is 0 Å². The van der Waals surface area contributed by atoms with E-state index < -0.39 is 0 Å². The first-order valence-electron chi connectivity index (χ1n) is 8.64. The van der Waals surface area contributed by atoms with Crippen molar-refractivity contribution in [2.45, 2.75) is 70.9 Å². The molecule has 2 unspecified atom stereocenters. The average molecular weight is 291 g/mol. The van der Waals surface area contributed by atoms with Gasteiger partial charge >= 0.3 is 0 Å². The lowest BCUT2D eigenvalue weighted by molar-refractivity contribution is 0.0645. The fourth-order valence-corrected chi connectivity index (χ4v) is 2.94. The zero-order valence-electron chi connectivity index (χ0n) is 14.1. The van der Waals surface area contributed by atoms with E-state index in [1.165, 1.54) is 50.5 Å². The van der Waals surface area contributed by atoms with Crippen LogP contribution in [0, 0.1) is 0 Å². The Hall–Kier alpha value is -0.860. The molecule has 1 aromatic rings. The maximum Gasteiger partial charge on any atom is 0.0973 e. The zero-order chi connectivity index (χ0) is 15.3. The van der Waals surface area contributed by atoms with Gasteiger partial charge in [-0.3, -0.25) is 0 Å². The Labute approximate surface area is 131 Å². The SMILES string of the molecule is CCCCCCCCC(NCC)C(OC)c1ccccc1. The first-order chi connectivity index (χ1) is 10.3. The second-order valence-electron chi connectivity index (χ2n) is 5.79. The highest BCUT2D eigenvalue weighted by Gasteiger charge is 2.21. The van der Waals surface area contributed by atoms with Crippen LogP contribution in [0.5, 0.6) is 0 Å². The lowest BCUT2D eigenvalue weighted by Gasteiger charge is -2.27. The monoisotopic (exact) mass is 291 g/mol. The highest BCUT2D eigenvalue weighted by Crippen LogP contribution is 2.24. The maximum atomic E-state index is 5.78. The average Bonchev–Trinajstić information content (AvgIpc) is 2.52. The number of rotatable bonds is 12. The molecule has 1 rings (SSSR count). The number of nitrogens with one attached hydrogen (secondary N) is 1. The van der Waals surface area contributed by atoms with Crippen LogP contribution in [-0.4, -0.2) is 19.7 Å². The van der Waals surface area contributed by atoms with Gasteiger partial charge in [-0.25, -0.2) is 0 Å². The van der Waals surface area contributed by atoms with Crippen LogP contribution in [0.1, 0.15) is 70.5 Å². The van der Waals surface area contributed by atoms with Crippen molar-refractivity contribution in [2.24, 2.45) is 0 Å². The first kappa shape index (κ1) is 18.2. The van der Waals surface area contributed by atoms with Crippen LogP contribution >= 0.6 is 0 Å². The minimum Gasteiger partial charge on any atom is -0.375 e. The molecule has 1 N–H and O–H groups in total. The molecule has 0 saturated heterocycles. The summed E-state index contributed by atoms with van der Waals surface area (Å²) < 4.78 is 5.78. The predicted octanol–water partition coefficient (Wildman–Crippen LogP) is 5.10. The highest BCUT2D eigenvalue weighted by molar-refractivity contribution is 5.19. The van der Waals surface area contributed by atoms with Gasteiger partial charge in [0.05, 0.1) is 6.10 Å². The van der Waals surface area contributed by atoms with Gasteiger partial charge in [-0.05, 0) is 18.5 Å². The van der Waals surface area contributed by atoms with E-state index in [0.29, 0.717) is 6.04 Å². The Bertz CT molecular complexity index is 339. The van der Waals surface area contributed by atoms with E-state index >= 15 is 0 Å². The quantitative estimate of drug-likeness (QED) is 0.541. The number of ether oxygens (including phenoxy) is 1. The second kappa shape index (κ2) is 11.8. The van der Waals surface area contributed by atoms with Crippen LogP contribution in [0.2, 0.25) is 0 Å². The van der Waals surface area contributed by atoms with Gasteiger partial charge in [0, 0.05) is 13.2 Å². The molecule has 1 aromatic carbocycles. The molecule has 0 aliphatic carbocycles. The minimum absolute atomic E-state index is 0.154. The number of methoxy groups -OCH3 is 1. The molecule has 2 heteroatoms. The number of benzene rings is 1. The van der Waals surface area contributed by atoms with E-state index in [2.05, 4.69) is 49.5 Å². The third-order valence-electron chi connectivity index (χ3n) is 4.08. The summed E-state index contributed by atoms with van der Waals surface area (Å²) in [6.45, 7) is 5.43. The molecule has 0 bridgehead atoms. The van der Waals surface area contributed by atoms with Crippen LogP contribution in [0.3, 0.4) is 0 Å². The summed E-state index contributed by atoms with van der Waals surface area (Å²) in [6, 6.07) is 11.0. The molecule has 0 heterocycles. The predicted molar refractivity (Wildman–Crippen MR) is 91.6 cm³/mol. The Balaban J connectivity index is 2.46. The second-order valence-corrected chi connectivity index (χ2v) is 5.79. The molecule has 0 spiro atoms. The summed E-state index contributed by atoms with van der Waals surface area (Å²) in [4.78, 5) is 0. The van der Waals surface area contributed by atoms with Gasteiger partial charge in [0.25, 0.3) is 0 Å². The molecule has 0 aliphatic rings. The van der Waals surface area contributed by atoms with E-state index in [1.54, 1.807) is 0 Å². The van der Waals surface area contributed by atoms with Crippen molar-refractivity contribution in [3.8, 4) is 0 Å². The van der Waals surface area contributed by atoms with Gasteiger partial charge in [-0.2, -0.15) is 0 Å². The molecular formula is C19H33NO. The molecule has 0 aromatic heterocycles. The topological polar surface area (TPSA) is 21.3 Å². The smallest absolute Gasteiger partial charge is 0.0973 e. The van der Waals surface area contributed by atoms with Crippen molar-refractivity contribution in [1.82, 2.24) is 5.32 Å². The summed E-state index contributed by atoms with van der Waals surface area (Å²) in [7, 11) is 1.82. The van der Waals surface area contributed by atoms with Crippen molar-refractivity contribution in [2.75, 3.05) is 13.7 Å². The Morgan fingerprint density at radius 1 is 0.952 bits per heavy atom. The van der Waals surface area contributed by atoms with Crippen LogP contribution in [0.4, 0.5) is 0 Å². The highest BCUT2D eigenvalue weighted by atomic mass is 16.5. The normalized spacial score (nSPS) is 14.0. The third-order valence-corrected chi connectivity index (χ3v) is 4.08. The van der Waals surface area contributed by atoms with Gasteiger partial charge in [0.1, 0.15) is 0 Å². The fourth-order valence-electron chi connectivity index (χ4n) is 2.94. The molecule has 0 aliphatic heterocycles. The summed E-state index contributed by atoms with van der Waals surface area (Å²) in [5, 5.41) is 3.61. The van der Waals surface area contributed by atoms with Crippen molar-refractivity contribution in [3.05, 3.63) is 35.9 Å². The van der Waals surface area contributed by atoms with E-state index in [4.69, 9.17) is 4.74 Å². The van der Waals surface area contributed by atoms with E-state index in [-0.39, 0.29) is 6.10 Å². The van der Waals surface area contributed by atoms with Crippen LogP contribution in [-0.2, 0) is 4.74 Å². The van der Waals surface area contributed by atoms with E-state index in [0.717, 1.165) is 6.54 Å². The Morgan fingerprint density at radius 2 is 1.62 bits per heavy atom. The molecular weight excluding hydrogens is 258 g/mol. The number of hydrogen-bond acceptors (Lipinski definition) is 2. The standard InChI is InChI=1S/C19H33NO/c1-4-6-7-8-9-13-16-18(20-5-2)19(21-3)17-14-11-10-12-15-17/h10-12,14-15,18-20H,4-9,13,16H2,1-3H3. The molecule has 2 nitrogen and oxygen atoms in total. The fraction of sp³-hybridized carbons (Fsp3) is 0.684. The van der Waals surface area contributed by atoms with Crippen molar-refractivity contribution in [3.63, 3.8) is 0 Å². The minimum atomic E-state index is 0.154. The number of likely N-dealkylation sites (N-methyl/N-ethyl adjacent to an activating group) is 1. The Kier molecular flexibility index (Phi) is 10.2. The van der Waals surface area contributed by atoms with Gasteiger partial charge in [0.2, 0.25) is 0 Å². The summed E-state index contributed by atoms with van der Waals surface area (Å²) in [5.74, 6) is 0. The van der Waals surface area contributed by atoms with E-state index in [9.17, 15) is 0 Å².